The van der Waals surface area contributed by atoms with E-state index in [1.165, 1.54) is 20.8 Å². The number of amides is 2. The van der Waals surface area contributed by atoms with Gasteiger partial charge in [-0.05, 0) is 32.8 Å². The molecule has 0 spiro atoms. The maximum atomic E-state index is 13.0. The normalized spacial score (nSPS) is 15.4. The zero-order chi connectivity index (χ0) is 21.5. The van der Waals surface area contributed by atoms with Crippen LogP contribution in [0.15, 0.2) is 30.3 Å². The summed E-state index contributed by atoms with van der Waals surface area (Å²) in [4.78, 5) is 29.0. The van der Waals surface area contributed by atoms with Crippen molar-refractivity contribution in [3.8, 4) is 0 Å². The predicted molar refractivity (Wildman–Crippen MR) is 96.8 cm³/mol. The quantitative estimate of drug-likeness (QED) is 0.490. The van der Waals surface area contributed by atoms with E-state index in [0.717, 1.165) is 5.56 Å². The summed E-state index contributed by atoms with van der Waals surface area (Å²) in [5, 5.41) is 13.2. The van der Waals surface area contributed by atoms with Crippen LogP contribution in [-0.4, -0.2) is 46.4 Å². The van der Waals surface area contributed by atoms with Crippen molar-refractivity contribution in [2.75, 3.05) is 0 Å². The van der Waals surface area contributed by atoms with Crippen LogP contribution in [0.3, 0.4) is 0 Å². The molecule has 0 saturated heterocycles. The molecule has 28 heavy (non-hydrogen) atoms. The van der Waals surface area contributed by atoms with Gasteiger partial charge < -0.3 is 10.4 Å². The van der Waals surface area contributed by atoms with Gasteiger partial charge in [-0.3, -0.25) is 14.4 Å². The molecule has 6 nitrogen and oxygen atoms in total. The van der Waals surface area contributed by atoms with Crippen LogP contribution in [0.25, 0.3) is 0 Å². The van der Waals surface area contributed by atoms with E-state index in [9.17, 15) is 27.9 Å². The lowest BCUT2D eigenvalue weighted by molar-refractivity contribution is -0.257. The Labute approximate surface area is 162 Å². The van der Waals surface area contributed by atoms with Crippen LogP contribution in [0.2, 0.25) is 0 Å². The van der Waals surface area contributed by atoms with Gasteiger partial charge in [0.1, 0.15) is 6.04 Å². The molecule has 1 aromatic rings. The molecule has 0 saturated carbocycles. The second-order valence-electron chi connectivity index (χ2n) is 7.38. The van der Waals surface area contributed by atoms with Gasteiger partial charge in [0.15, 0.2) is 6.10 Å². The molecule has 158 valence electrons. The Kier molecular flexibility index (Phi) is 8.44. The number of aliphatic hydroxyl groups is 1. The number of rotatable bonds is 9. The number of hydroxylamine groups is 2. The molecule has 1 aromatic carbocycles. The van der Waals surface area contributed by atoms with E-state index in [1.807, 2.05) is 0 Å². The lowest BCUT2D eigenvalue weighted by Crippen LogP contribution is -2.54. The van der Waals surface area contributed by atoms with Crippen LogP contribution in [0.5, 0.6) is 0 Å². The van der Waals surface area contributed by atoms with Crippen molar-refractivity contribution in [3.05, 3.63) is 35.9 Å². The Bertz CT molecular complexity index is 632. The van der Waals surface area contributed by atoms with E-state index in [0.29, 0.717) is 11.5 Å². The largest absolute Gasteiger partial charge is 0.391 e. The molecule has 3 atom stereocenters. The molecular weight excluding hydrogens is 377 g/mol. The zero-order valence-electron chi connectivity index (χ0n) is 16.4. The third-order valence-corrected chi connectivity index (χ3v) is 3.81. The van der Waals surface area contributed by atoms with Gasteiger partial charge >= 0.3 is 6.18 Å². The molecule has 3 unspecified atom stereocenters. The number of nitrogens with one attached hydrogen (secondary N) is 1. The Balaban J connectivity index is 3.04. The highest BCUT2D eigenvalue weighted by atomic mass is 19.4. The van der Waals surface area contributed by atoms with E-state index >= 15 is 0 Å². The molecule has 0 aromatic heterocycles. The topological polar surface area (TPSA) is 78.9 Å². The first-order valence-electron chi connectivity index (χ1n) is 8.91. The van der Waals surface area contributed by atoms with Gasteiger partial charge in [0.05, 0.1) is 18.1 Å². The van der Waals surface area contributed by atoms with Gasteiger partial charge in [0.2, 0.25) is 6.41 Å². The third kappa shape index (κ3) is 7.85. The minimum atomic E-state index is -4.72. The number of halogens is 3. The van der Waals surface area contributed by atoms with Gasteiger partial charge in [0, 0.05) is 0 Å². The number of hydrogen-bond donors (Lipinski definition) is 2. The van der Waals surface area contributed by atoms with E-state index in [4.69, 9.17) is 4.84 Å². The Morgan fingerprint density at radius 2 is 1.82 bits per heavy atom. The number of carbonyl (C=O) groups is 2. The van der Waals surface area contributed by atoms with Gasteiger partial charge in [-0.15, -0.1) is 0 Å². The fourth-order valence-electron chi connectivity index (χ4n) is 2.60. The number of nitrogens with zero attached hydrogens (tertiary/aromatic N) is 1. The second-order valence-corrected chi connectivity index (χ2v) is 7.38. The summed E-state index contributed by atoms with van der Waals surface area (Å²) in [6.07, 6.45) is -7.96. The average molecular weight is 404 g/mol. The van der Waals surface area contributed by atoms with Crippen LogP contribution >= 0.6 is 0 Å². The summed E-state index contributed by atoms with van der Waals surface area (Å²) in [6.45, 7) is 6.38. The molecule has 0 fully saturated rings. The van der Waals surface area contributed by atoms with Crippen LogP contribution in [-0.2, 0) is 14.4 Å². The predicted octanol–water partition coefficient (Wildman–Crippen LogP) is 3.12. The summed E-state index contributed by atoms with van der Waals surface area (Å²) in [7, 11) is 0. The van der Waals surface area contributed by atoms with Gasteiger partial charge in [0.25, 0.3) is 5.91 Å². The highest BCUT2D eigenvalue weighted by Gasteiger charge is 2.42. The minimum absolute atomic E-state index is 0.0344. The SMILES string of the molecule is CCC(NC(=O)C(O)C(CC(F)(F)F)N(C=O)OC(C)(C)C)c1ccccc1. The van der Waals surface area contributed by atoms with Crippen LogP contribution < -0.4 is 5.32 Å². The average Bonchev–Trinajstić information content (AvgIpc) is 2.60. The first-order valence-corrected chi connectivity index (χ1v) is 8.91. The lowest BCUT2D eigenvalue weighted by Gasteiger charge is -2.35. The number of hydrogen-bond acceptors (Lipinski definition) is 4. The zero-order valence-corrected chi connectivity index (χ0v) is 16.4. The lowest BCUT2D eigenvalue weighted by atomic mass is 10.0. The second kappa shape index (κ2) is 9.88. The molecule has 0 aliphatic carbocycles. The molecule has 0 aliphatic heterocycles. The van der Waals surface area contributed by atoms with E-state index in [2.05, 4.69) is 5.32 Å². The van der Waals surface area contributed by atoms with Crippen LogP contribution in [0, 0.1) is 0 Å². The monoisotopic (exact) mass is 404 g/mol. The smallest absolute Gasteiger partial charge is 0.381 e. The first-order chi connectivity index (χ1) is 12.9. The summed E-state index contributed by atoms with van der Waals surface area (Å²) < 4.78 is 39.0. The van der Waals surface area contributed by atoms with Gasteiger partial charge in [-0.25, -0.2) is 5.06 Å². The molecule has 0 radical (unpaired) electrons. The summed E-state index contributed by atoms with van der Waals surface area (Å²) >= 11 is 0. The van der Waals surface area contributed by atoms with Crippen molar-refractivity contribution < 1.29 is 32.7 Å². The van der Waals surface area contributed by atoms with E-state index < -0.39 is 42.3 Å². The van der Waals surface area contributed by atoms with Gasteiger partial charge in [-0.2, -0.15) is 13.2 Å². The molecule has 9 heteroatoms. The highest BCUT2D eigenvalue weighted by molar-refractivity contribution is 5.82. The van der Waals surface area contributed by atoms with Crippen molar-refractivity contribution in [3.63, 3.8) is 0 Å². The van der Waals surface area contributed by atoms with Crippen LogP contribution in [0.1, 0.15) is 52.1 Å². The first kappa shape index (κ1) is 23.9. The summed E-state index contributed by atoms with van der Waals surface area (Å²) in [5.74, 6) is -1.02. The Hall–Kier alpha value is -2.13. The van der Waals surface area contributed by atoms with E-state index in [1.54, 1.807) is 37.3 Å². The summed E-state index contributed by atoms with van der Waals surface area (Å²) in [5.41, 5.74) is -0.257. The molecule has 0 heterocycles. The highest BCUT2D eigenvalue weighted by Crippen LogP contribution is 2.27. The van der Waals surface area contributed by atoms with Crippen molar-refractivity contribution in [2.45, 2.75) is 70.5 Å². The number of carbonyl (C=O) groups excluding carboxylic acids is 2. The number of benzene rings is 1. The molecule has 2 N–H and O–H groups in total. The Morgan fingerprint density at radius 1 is 1.25 bits per heavy atom. The third-order valence-electron chi connectivity index (χ3n) is 3.81. The molecule has 0 bridgehead atoms. The molecule has 0 aliphatic rings. The standard InChI is InChI=1S/C19H27F3N2O4/c1-5-14(13-9-7-6-8-10-13)23-17(27)16(26)15(11-19(20,21)22)24(12-25)28-18(2,3)4/h6-10,12,14-16,26H,5,11H2,1-4H3,(H,23,27). The maximum absolute atomic E-state index is 13.0. The minimum Gasteiger partial charge on any atom is -0.381 e. The van der Waals surface area contributed by atoms with Crippen molar-refractivity contribution in [1.82, 2.24) is 10.4 Å². The van der Waals surface area contributed by atoms with Crippen molar-refractivity contribution in [1.29, 1.82) is 0 Å². The number of alkyl halides is 3. The van der Waals surface area contributed by atoms with Crippen molar-refractivity contribution in [2.24, 2.45) is 0 Å². The fraction of sp³-hybridized carbons (Fsp3) is 0.579. The Morgan fingerprint density at radius 3 is 2.25 bits per heavy atom. The molecule has 2 amide bonds. The fourth-order valence-corrected chi connectivity index (χ4v) is 2.60. The number of aliphatic hydroxyl groups excluding tert-OH is 1. The molecular formula is C19H27F3N2O4. The maximum Gasteiger partial charge on any atom is 0.391 e. The van der Waals surface area contributed by atoms with E-state index in [-0.39, 0.29) is 6.41 Å². The molecule has 1 rings (SSSR count). The summed E-state index contributed by atoms with van der Waals surface area (Å²) in [6, 6.07) is 6.41. The van der Waals surface area contributed by atoms with Crippen molar-refractivity contribution >= 4 is 12.3 Å². The van der Waals surface area contributed by atoms with Gasteiger partial charge in [-0.1, -0.05) is 37.3 Å². The van der Waals surface area contributed by atoms with Crippen LogP contribution in [0.4, 0.5) is 13.2 Å².